The summed E-state index contributed by atoms with van der Waals surface area (Å²) in [6.07, 6.45) is 0. The molecular formula is C14H9FO2S2. The van der Waals surface area contributed by atoms with Gasteiger partial charge in [0.15, 0.2) is 0 Å². The molecule has 2 aromatic heterocycles. The van der Waals surface area contributed by atoms with Crippen LogP contribution >= 0.6 is 22.7 Å². The first-order chi connectivity index (χ1) is 9.19. The van der Waals surface area contributed by atoms with E-state index in [1.54, 1.807) is 17.4 Å². The monoisotopic (exact) mass is 292 g/mol. The first-order valence-corrected chi connectivity index (χ1v) is 7.24. The summed E-state index contributed by atoms with van der Waals surface area (Å²) in [4.78, 5) is 12.8. The molecule has 2 heterocycles. The first-order valence-electron chi connectivity index (χ1n) is 5.54. The Morgan fingerprint density at radius 3 is 2.74 bits per heavy atom. The highest BCUT2D eigenvalue weighted by atomic mass is 32.1. The molecule has 0 N–H and O–H groups in total. The van der Waals surface area contributed by atoms with Crippen LogP contribution in [0.3, 0.4) is 0 Å². The van der Waals surface area contributed by atoms with Gasteiger partial charge in [0.25, 0.3) is 0 Å². The Kier molecular flexibility index (Phi) is 3.08. The Balaban J connectivity index is 2.01. The molecule has 0 saturated heterocycles. The first kappa shape index (κ1) is 12.3. The molecule has 0 amide bonds. The van der Waals surface area contributed by atoms with E-state index in [-0.39, 0.29) is 11.3 Å². The van der Waals surface area contributed by atoms with Crippen molar-refractivity contribution in [3.8, 4) is 5.75 Å². The Hall–Kier alpha value is -1.72. The lowest BCUT2D eigenvalue weighted by Crippen LogP contribution is -2.02. The summed E-state index contributed by atoms with van der Waals surface area (Å²) < 4.78 is 20.9. The molecule has 0 fully saturated rings. The van der Waals surface area contributed by atoms with E-state index in [9.17, 15) is 9.18 Å². The summed E-state index contributed by atoms with van der Waals surface area (Å²) in [5.41, 5.74) is 0.0784. The van der Waals surface area contributed by atoms with Gasteiger partial charge in [0.05, 0.1) is 17.6 Å². The van der Waals surface area contributed by atoms with Crippen LogP contribution in [0.2, 0.25) is 0 Å². The van der Waals surface area contributed by atoms with E-state index in [1.807, 2.05) is 17.5 Å². The largest absolute Gasteiger partial charge is 0.497 e. The number of carbonyl (C=O) groups excluding carboxylic acids is 1. The molecule has 0 spiro atoms. The zero-order valence-electron chi connectivity index (χ0n) is 9.98. The molecule has 5 heteroatoms. The summed E-state index contributed by atoms with van der Waals surface area (Å²) in [5.74, 6) is -0.434. The average Bonchev–Trinajstić information content (AvgIpc) is 2.98. The lowest BCUT2D eigenvalue weighted by molar-refractivity contribution is 0.103. The highest BCUT2D eigenvalue weighted by Gasteiger charge is 2.17. The minimum Gasteiger partial charge on any atom is -0.497 e. The molecule has 0 bridgehead atoms. The van der Waals surface area contributed by atoms with Crippen LogP contribution in [0.5, 0.6) is 5.75 Å². The van der Waals surface area contributed by atoms with Gasteiger partial charge in [0.2, 0.25) is 5.78 Å². The Morgan fingerprint density at radius 1 is 1.21 bits per heavy atom. The third-order valence-electron chi connectivity index (χ3n) is 2.78. The van der Waals surface area contributed by atoms with E-state index < -0.39 is 5.82 Å². The Morgan fingerprint density at radius 2 is 2.05 bits per heavy atom. The highest BCUT2D eigenvalue weighted by Crippen LogP contribution is 2.32. The zero-order chi connectivity index (χ0) is 13.4. The SMILES string of the molecule is COc1ccc(C(=O)c2cc3sccc3s2)c(F)c1. The number of fused-ring (bicyclic) bond motifs is 1. The molecule has 0 radical (unpaired) electrons. The molecule has 3 aromatic rings. The quantitative estimate of drug-likeness (QED) is 0.671. The highest BCUT2D eigenvalue weighted by molar-refractivity contribution is 7.28. The number of ether oxygens (including phenoxy) is 1. The van der Waals surface area contributed by atoms with Crippen LogP contribution < -0.4 is 4.74 Å². The number of thiophene rings is 2. The average molecular weight is 292 g/mol. The minimum absolute atomic E-state index is 0.0784. The number of halogens is 1. The molecule has 0 aliphatic heterocycles. The van der Waals surface area contributed by atoms with E-state index in [1.165, 1.54) is 30.6 Å². The molecule has 0 unspecified atom stereocenters. The van der Waals surface area contributed by atoms with Gasteiger partial charge in [-0.1, -0.05) is 0 Å². The van der Waals surface area contributed by atoms with E-state index in [0.717, 1.165) is 9.40 Å². The van der Waals surface area contributed by atoms with Gasteiger partial charge in [0, 0.05) is 15.5 Å². The van der Waals surface area contributed by atoms with Gasteiger partial charge >= 0.3 is 0 Å². The third kappa shape index (κ3) is 2.15. The van der Waals surface area contributed by atoms with E-state index >= 15 is 0 Å². The fraction of sp³-hybridized carbons (Fsp3) is 0.0714. The number of carbonyl (C=O) groups is 1. The number of hydrogen-bond donors (Lipinski definition) is 0. The number of ketones is 1. The van der Waals surface area contributed by atoms with Gasteiger partial charge in [0.1, 0.15) is 11.6 Å². The van der Waals surface area contributed by atoms with Gasteiger partial charge in [-0.2, -0.15) is 0 Å². The lowest BCUT2D eigenvalue weighted by Gasteiger charge is -2.03. The van der Waals surface area contributed by atoms with Crippen molar-refractivity contribution < 1.29 is 13.9 Å². The van der Waals surface area contributed by atoms with Crippen LogP contribution in [0.15, 0.2) is 35.7 Å². The van der Waals surface area contributed by atoms with Crippen LogP contribution in [-0.2, 0) is 0 Å². The van der Waals surface area contributed by atoms with Gasteiger partial charge < -0.3 is 4.74 Å². The van der Waals surface area contributed by atoms with Crippen molar-refractivity contribution in [3.63, 3.8) is 0 Å². The molecular weight excluding hydrogens is 283 g/mol. The molecule has 1 aromatic carbocycles. The summed E-state index contributed by atoms with van der Waals surface area (Å²) in [5, 5.41) is 1.98. The van der Waals surface area contributed by atoms with E-state index in [2.05, 4.69) is 0 Å². The predicted octanol–water partition coefficient (Wildman–Crippen LogP) is 4.34. The van der Waals surface area contributed by atoms with Gasteiger partial charge in [-0.3, -0.25) is 4.79 Å². The van der Waals surface area contributed by atoms with Crippen molar-refractivity contribution in [1.82, 2.24) is 0 Å². The molecule has 0 atom stereocenters. The van der Waals surface area contributed by atoms with Crippen molar-refractivity contribution in [3.05, 3.63) is 52.0 Å². The maximum Gasteiger partial charge on any atom is 0.205 e. The zero-order valence-corrected chi connectivity index (χ0v) is 11.6. The smallest absolute Gasteiger partial charge is 0.205 e. The van der Waals surface area contributed by atoms with E-state index in [4.69, 9.17) is 4.74 Å². The van der Waals surface area contributed by atoms with Gasteiger partial charge in [-0.25, -0.2) is 4.39 Å². The summed E-state index contributed by atoms with van der Waals surface area (Å²) in [6, 6.07) is 8.06. The number of methoxy groups -OCH3 is 1. The normalized spacial score (nSPS) is 10.8. The molecule has 0 aliphatic rings. The van der Waals surface area contributed by atoms with Crippen molar-refractivity contribution in [2.75, 3.05) is 7.11 Å². The van der Waals surface area contributed by atoms with Crippen molar-refractivity contribution in [1.29, 1.82) is 0 Å². The standard InChI is InChI=1S/C14H9FO2S2/c1-17-8-2-3-9(10(15)6-8)14(16)13-7-12-11(19-13)4-5-18-12/h2-7H,1H3. The topological polar surface area (TPSA) is 26.3 Å². The molecule has 3 rings (SSSR count). The second-order valence-electron chi connectivity index (χ2n) is 3.93. The number of benzene rings is 1. The van der Waals surface area contributed by atoms with Crippen LogP contribution in [0.25, 0.3) is 9.40 Å². The maximum atomic E-state index is 13.9. The van der Waals surface area contributed by atoms with Gasteiger partial charge in [-0.15, -0.1) is 22.7 Å². The van der Waals surface area contributed by atoms with Crippen LogP contribution in [0, 0.1) is 5.82 Å². The third-order valence-corrected chi connectivity index (χ3v) is 4.88. The van der Waals surface area contributed by atoms with Crippen molar-refractivity contribution in [2.45, 2.75) is 0 Å². The van der Waals surface area contributed by atoms with Crippen molar-refractivity contribution in [2.24, 2.45) is 0 Å². The number of hydrogen-bond acceptors (Lipinski definition) is 4. The fourth-order valence-corrected chi connectivity index (χ4v) is 3.88. The van der Waals surface area contributed by atoms with Crippen LogP contribution in [-0.4, -0.2) is 12.9 Å². The predicted molar refractivity (Wildman–Crippen MR) is 76.1 cm³/mol. The van der Waals surface area contributed by atoms with Crippen LogP contribution in [0.4, 0.5) is 4.39 Å². The Labute approximate surface area is 117 Å². The summed E-state index contributed by atoms with van der Waals surface area (Å²) in [6.45, 7) is 0. The molecule has 2 nitrogen and oxygen atoms in total. The fourth-order valence-electron chi connectivity index (χ4n) is 1.82. The second kappa shape index (κ2) is 4.75. The maximum absolute atomic E-state index is 13.9. The minimum atomic E-state index is -0.555. The van der Waals surface area contributed by atoms with E-state index in [0.29, 0.717) is 10.6 Å². The lowest BCUT2D eigenvalue weighted by atomic mass is 10.1. The molecule has 96 valence electrons. The molecule has 0 saturated carbocycles. The van der Waals surface area contributed by atoms with Crippen LogP contribution in [0.1, 0.15) is 15.2 Å². The Bertz CT molecular complexity index is 729. The number of rotatable bonds is 3. The summed E-state index contributed by atoms with van der Waals surface area (Å²) >= 11 is 2.96. The van der Waals surface area contributed by atoms with Gasteiger partial charge in [-0.05, 0) is 29.6 Å². The second-order valence-corrected chi connectivity index (χ2v) is 5.97. The molecule has 19 heavy (non-hydrogen) atoms. The molecule has 0 aliphatic carbocycles. The van der Waals surface area contributed by atoms with Crippen molar-refractivity contribution >= 4 is 37.9 Å². The summed E-state index contributed by atoms with van der Waals surface area (Å²) in [7, 11) is 1.46.